The number of benzene rings is 2. The molecule has 1 amide bonds. The van der Waals surface area contributed by atoms with Crippen LogP contribution in [0.15, 0.2) is 47.6 Å². The summed E-state index contributed by atoms with van der Waals surface area (Å²) >= 11 is 0. The molecule has 1 saturated heterocycles. The number of ether oxygens (including phenoxy) is 2. The van der Waals surface area contributed by atoms with Crippen LogP contribution in [0.2, 0.25) is 0 Å². The molecule has 1 atom stereocenters. The zero-order valence-electron chi connectivity index (χ0n) is 23.3. The summed E-state index contributed by atoms with van der Waals surface area (Å²) in [7, 11) is 0. The van der Waals surface area contributed by atoms with Crippen LogP contribution in [0.3, 0.4) is 0 Å². The first kappa shape index (κ1) is 28.8. The summed E-state index contributed by atoms with van der Waals surface area (Å²) in [6, 6.07) is 13.6. The molecule has 7 heteroatoms. The van der Waals surface area contributed by atoms with Gasteiger partial charge in [-0.05, 0) is 72.6 Å². The van der Waals surface area contributed by atoms with E-state index in [9.17, 15) is 9.59 Å². The molecule has 0 radical (unpaired) electrons. The number of aryl methyl sites for hydroxylation is 1. The molecular weight excluding hydrogens is 490 g/mol. The number of anilines is 1. The fraction of sp³-hybridized carbons (Fsp3) is 0.531. The molecule has 1 fully saturated rings. The minimum Gasteiger partial charge on any atom is -0.466 e. The van der Waals surface area contributed by atoms with Crippen LogP contribution in [-0.4, -0.2) is 56.0 Å². The number of rotatable bonds is 13. The number of hydrogen-bond acceptors (Lipinski definition) is 6. The molecule has 1 aliphatic carbocycles. The second-order valence-electron chi connectivity index (χ2n) is 10.7. The van der Waals surface area contributed by atoms with E-state index in [1.807, 2.05) is 53.7 Å². The van der Waals surface area contributed by atoms with Crippen molar-refractivity contribution in [1.82, 2.24) is 5.01 Å². The van der Waals surface area contributed by atoms with Gasteiger partial charge in [0.25, 0.3) is 5.91 Å². The van der Waals surface area contributed by atoms with Crippen molar-refractivity contribution in [3.05, 3.63) is 64.7 Å². The van der Waals surface area contributed by atoms with Gasteiger partial charge in [-0.15, -0.1) is 0 Å². The highest BCUT2D eigenvalue weighted by Crippen LogP contribution is 2.29. The summed E-state index contributed by atoms with van der Waals surface area (Å²) in [5.74, 6) is 0.110. The van der Waals surface area contributed by atoms with E-state index in [1.54, 1.807) is 0 Å². The highest BCUT2D eigenvalue weighted by atomic mass is 16.5. The lowest BCUT2D eigenvalue weighted by atomic mass is 9.81. The van der Waals surface area contributed by atoms with Gasteiger partial charge in [-0.2, -0.15) is 5.10 Å². The molecule has 0 aromatic heterocycles. The van der Waals surface area contributed by atoms with Crippen molar-refractivity contribution >= 4 is 23.8 Å². The second kappa shape index (κ2) is 15.4. The first-order valence-corrected chi connectivity index (χ1v) is 14.7. The standard InChI is InChI=1S/C32H43N3O4/c1-2-3-4-5-6-7-18-39-31(36)22-26-8-11-28-23-29(13-12-27(28)21-26)32(37)34-30-14-9-25(10-15-30)24-33-35-16-19-38-20-17-35/h9-10,12-15,23-24,26H,2-8,11,16-22H2,1H3,(H,34,37). The topological polar surface area (TPSA) is 80.2 Å². The van der Waals surface area contributed by atoms with E-state index in [0.717, 1.165) is 56.4 Å². The molecule has 1 unspecified atom stereocenters. The predicted octanol–water partition coefficient (Wildman–Crippen LogP) is 6.00. The van der Waals surface area contributed by atoms with Crippen molar-refractivity contribution in [2.45, 2.75) is 71.1 Å². The van der Waals surface area contributed by atoms with E-state index in [4.69, 9.17) is 9.47 Å². The average Bonchev–Trinajstić information content (AvgIpc) is 2.96. The van der Waals surface area contributed by atoms with Gasteiger partial charge < -0.3 is 14.8 Å². The van der Waals surface area contributed by atoms with Crippen molar-refractivity contribution < 1.29 is 19.1 Å². The molecule has 2 aromatic rings. The first-order valence-electron chi connectivity index (χ1n) is 14.7. The summed E-state index contributed by atoms with van der Waals surface area (Å²) in [6.45, 7) is 5.78. The van der Waals surface area contributed by atoms with Crippen molar-refractivity contribution in [3.63, 3.8) is 0 Å². The minimum absolute atomic E-state index is 0.0774. The molecule has 1 aliphatic heterocycles. The Labute approximate surface area is 233 Å². The highest BCUT2D eigenvalue weighted by Gasteiger charge is 2.23. The number of hydrazone groups is 1. The largest absolute Gasteiger partial charge is 0.466 e. The van der Waals surface area contributed by atoms with Gasteiger partial charge in [-0.25, -0.2) is 0 Å². The number of unbranched alkanes of at least 4 members (excludes halogenated alkanes) is 5. The number of carbonyl (C=O) groups excluding carboxylic acids is 2. The van der Waals surface area contributed by atoms with Gasteiger partial charge in [0.15, 0.2) is 0 Å². The summed E-state index contributed by atoms with van der Waals surface area (Å²) in [6.07, 6.45) is 12.1. The van der Waals surface area contributed by atoms with Crippen LogP contribution in [0.4, 0.5) is 5.69 Å². The number of carbonyl (C=O) groups is 2. The Morgan fingerprint density at radius 2 is 1.79 bits per heavy atom. The maximum Gasteiger partial charge on any atom is 0.306 e. The van der Waals surface area contributed by atoms with Crippen LogP contribution < -0.4 is 5.32 Å². The van der Waals surface area contributed by atoms with Gasteiger partial charge in [0.1, 0.15) is 0 Å². The van der Waals surface area contributed by atoms with Crippen LogP contribution in [-0.2, 0) is 27.1 Å². The smallest absolute Gasteiger partial charge is 0.306 e. The minimum atomic E-state index is -0.118. The Bertz CT molecular complexity index is 1090. The predicted molar refractivity (Wildman–Crippen MR) is 155 cm³/mol. The average molecular weight is 534 g/mol. The molecule has 0 spiro atoms. The maximum absolute atomic E-state index is 12.9. The maximum atomic E-state index is 12.9. The molecule has 39 heavy (non-hydrogen) atoms. The van der Waals surface area contributed by atoms with E-state index in [2.05, 4.69) is 17.3 Å². The van der Waals surface area contributed by atoms with Gasteiger partial charge in [0.2, 0.25) is 0 Å². The molecule has 2 aliphatic rings. The Morgan fingerprint density at radius 1 is 1.03 bits per heavy atom. The van der Waals surface area contributed by atoms with E-state index < -0.39 is 0 Å². The van der Waals surface area contributed by atoms with Crippen molar-refractivity contribution in [2.24, 2.45) is 11.0 Å². The molecule has 7 nitrogen and oxygen atoms in total. The normalized spacial score (nSPS) is 17.2. The molecule has 2 aromatic carbocycles. The highest BCUT2D eigenvalue weighted by molar-refractivity contribution is 6.04. The number of morpholine rings is 1. The Kier molecular flexibility index (Phi) is 11.4. The zero-order valence-corrected chi connectivity index (χ0v) is 23.3. The van der Waals surface area contributed by atoms with Gasteiger partial charge >= 0.3 is 5.97 Å². The van der Waals surface area contributed by atoms with Crippen LogP contribution in [0.5, 0.6) is 0 Å². The van der Waals surface area contributed by atoms with Gasteiger partial charge in [-0.1, -0.05) is 57.2 Å². The molecule has 0 bridgehead atoms. The number of amides is 1. The summed E-state index contributed by atoms with van der Waals surface area (Å²) in [4.78, 5) is 25.2. The number of nitrogens with zero attached hydrogens (tertiary/aromatic N) is 2. The molecule has 210 valence electrons. The van der Waals surface area contributed by atoms with Gasteiger partial charge in [-0.3, -0.25) is 14.6 Å². The van der Waals surface area contributed by atoms with Crippen LogP contribution in [0.25, 0.3) is 0 Å². The van der Waals surface area contributed by atoms with E-state index in [-0.39, 0.29) is 11.9 Å². The molecule has 0 saturated carbocycles. The SMILES string of the molecule is CCCCCCCCOC(=O)CC1CCc2cc(C(=O)Nc3ccc(C=NN4CCOCC4)cc3)ccc2C1. The fourth-order valence-electron chi connectivity index (χ4n) is 5.18. The number of esters is 1. The van der Waals surface area contributed by atoms with Crippen LogP contribution in [0, 0.1) is 5.92 Å². The Hall–Kier alpha value is -3.19. The third kappa shape index (κ3) is 9.50. The lowest BCUT2D eigenvalue weighted by molar-refractivity contribution is -0.145. The van der Waals surface area contributed by atoms with Crippen LogP contribution in [0.1, 0.15) is 85.3 Å². The number of fused-ring (bicyclic) bond motifs is 1. The Balaban J connectivity index is 1.20. The van der Waals surface area contributed by atoms with Crippen molar-refractivity contribution in [2.75, 3.05) is 38.2 Å². The summed E-state index contributed by atoms with van der Waals surface area (Å²) in [5.41, 5.74) is 4.82. The second-order valence-corrected chi connectivity index (χ2v) is 10.7. The summed E-state index contributed by atoms with van der Waals surface area (Å²) < 4.78 is 10.8. The quantitative estimate of drug-likeness (QED) is 0.194. The van der Waals surface area contributed by atoms with Crippen LogP contribution >= 0.6 is 0 Å². The van der Waals surface area contributed by atoms with Gasteiger partial charge in [0.05, 0.1) is 39.1 Å². The Morgan fingerprint density at radius 3 is 2.59 bits per heavy atom. The number of nitrogens with one attached hydrogen (secondary N) is 1. The summed E-state index contributed by atoms with van der Waals surface area (Å²) in [5, 5.41) is 9.50. The number of hydrogen-bond donors (Lipinski definition) is 1. The van der Waals surface area contributed by atoms with Gasteiger partial charge in [0, 0.05) is 17.7 Å². The third-order valence-electron chi connectivity index (χ3n) is 7.54. The first-order chi connectivity index (χ1) is 19.1. The zero-order chi connectivity index (χ0) is 27.3. The molecule has 1 N–H and O–H groups in total. The van der Waals surface area contributed by atoms with E-state index in [1.165, 1.54) is 36.8 Å². The van der Waals surface area contributed by atoms with Crippen molar-refractivity contribution in [3.8, 4) is 0 Å². The third-order valence-corrected chi connectivity index (χ3v) is 7.54. The lowest BCUT2D eigenvalue weighted by Gasteiger charge is -2.24. The van der Waals surface area contributed by atoms with E-state index in [0.29, 0.717) is 37.7 Å². The molecule has 4 rings (SSSR count). The monoisotopic (exact) mass is 533 g/mol. The van der Waals surface area contributed by atoms with Crippen molar-refractivity contribution in [1.29, 1.82) is 0 Å². The fourth-order valence-corrected chi connectivity index (χ4v) is 5.18. The lowest BCUT2D eigenvalue weighted by Crippen LogP contribution is -2.32. The molecule has 1 heterocycles. The molecular formula is C32H43N3O4. The van der Waals surface area contributed by atoms with E-state index >= 15 is 0 Å².